The van der Waals surface area contributed by atoms with Crippen LogP contribution in [0.15, 0.2) is 0 Å². The average molecular weight is 555 g/mol. The molecule has 0 aliphatic carbocycles. The highest BCUT2D eigenvalue weighted by Crippen LogP contribution is 2.27. The van der Waals surface area contributed by atoms with Crippen molar-refractivity contribution in [3.8, 4) is 0 Å². The van der Waals surface area contributed by atoms with Crippen molar-refractivity contribution in [3.05, 3.63) is 87.3 Å². The summed E-state index contributed by atoms with van der Waals surface area (Å²) in [5.74, 6) is -46.6. The van der Waals surface area contributed by atoms with Crippen molar-refractivity contribution in [1.82, 2.24) is 0 Å². The van der Waals surface area contributed by atoms with Gasteiger partial charge in [-0.05, 0) is 16.4 Å². The fourth-order valence-electron chi connectivity index (χ4n) is 3.72. The van der Waals surface area contributed by atoms with Crippen LogP contribution in [0.2, 0.25) is 0 Å². The number of hydrogen-bond acceptors (Lipinski definition) is 0. The lowest BCUT2D eigenvalue weighted by Gasteiger charge is -2.34. The fraction of sp³-hybridized carbons (Fsp3) is 0.0500. The summed E-state index contributed by atoms with van der Waals surface area (Å²) in [5.41, 5.74) is -8.59. The summed E-state index contributed by atoms with van der Waals surface area (Å²) in [6.45, 7) is 0.403. The van der Waals surface area contributed by atoms with E-state index in [4.69, 9.17) is 0 Å². The maximum absolute atomic E-state index is 14.9. The van der Waals surface area contributed by atoms with Gasteiger partial charge in [0, 0.05) is 0 Å². The molecular weight excluding hydrogens is 552 g/mol. The summed E-state index contributed by atoms with van der Waals surface area (Å²) in [6, 6.07) is 0. The number of halogens is 15. The van der Waals surface area contributed by atoms with E-state index in [0.717, 1.165) is 0 Å². The Morgan fingerprint density at radius 2 is 0.514 bits per heavy atom. The third-order valence-corrected chi connectivity index (χ3v) is 5.25. The molecule has 0 N–H and O–H groups in total. The Morgan fingerprint density at radius 1 is 0.351 bits per heavy atom. The monoisotopic (exact) mass is 555 g/mol. The van der Waals surface area contributed by atoms with Gasteiger partial charge in [-0.2, -0.15) is 0 Å². The SMILES string of the molecule is C[C-]=[O+][B-](c1c(F)c(F)c(F)c(F)c1F)(c1c(F)c(F)c(F)c(F)c1F)c1c(F)c(F)c(F)c(F)c1F. The van der Waals surface area contributed by atoms with E-state index >= 15 is 0 Å². The second-order valence-electron chi connectivity index (χ2n) is 7.06. The maximum Gasteiger partial charge on any atom is 0.472 e. The molecule has 0 radical (unpaired) electrons. The summed E-state index contributed by atoms with van der Waals surface area (Å²) in [4.78, 5) is 0. The zero-order valence-corrected chi connectivity index (χ0v) is 17.2. The molecule has 0 bridgehead atoms. The van der Waals surface area contributed by atoms with E-state index in [1.165, 1.54) is 6.29 Å². The Morgan fingerprint density at radius 3 is 0.676 bits per heavy atom. The van der Waals surface area contributed by atoms with Crippen LogP contribution in [-0.4, -0.2) is 12.6 Å². The Hall–Kier alpha value is -3.66. The quantitative estimate of drug-likeness (QED) is 0.113. The molecular formula is C20H3BF15O-. The van der Waals surface area contributed by atoms with E-state index in [0.29, 0.717) is 6.92 Å². The van der Waals surface area contributed by atoms with Gasteiger partial charge in [0.15, 0.2) is 52.4 Å². The molecule has 0 amide bonds. The Labute approximate surface area is 194 Å². The third kappa shape index (κ3) is 3.65. The summed E-state index contributed by atoms with van der Waals surface area (Å²) in [5, 5.41) is 0. The molecule has 17 heteroatoms. The molecule has 37 heavy (non-hydrogen) atoms. The molecule has 0 spiro atoms. The summed E-state index contributed by atoms with van der Waals surface area (Å²) >= 11 is 0. The molecule has 3 aromatic carbocycles. The van der Waals surface area contributed by atoms with Crippen LogP contribution in [0.25, 0.3) is 0 Å². The van der Waals surface area contributed by atoms with Crippen LogP contribution in [-0.2, 0) is 4.34 Å². The standard InChI is InChI=1S/C20H3BF15O/c1-2-37-21(3-6(22)12(28)18(34)13(29)7(3)23,4-8(24)14(30)19(35)15(31)9(4)25)5-10(26)16(32)20(36)17(33)11(5)27/h1H3/q-1. The largest absolute Gasteiger partial charge is 0.725 e. The third-order valence-electron chi connectivity index (χ3n) is 5.25. The molecule has 0 saturated heterocycles. The first-order valence-electron chi connectivity index (χ1n) is 9.14. The van der Waals surface area contributed by atoms with Crippen LogP contribution >= 0.6 is 0 Å². The second-order valence-corrected chi connectivity index (χ2v) is 7.06. The van der Waals surface area contributed by atoms with Gasteiger partial charge in [0.25, 0.3) is 0 Å². The lowest BCUT2D eigenvalue weighted by molar-refractivity contribution is 0.324. The van der Waals surface area contributed by atoms with Gasteiger partial charge in [-0.25, -0.2) is 65.9 Å². The molecule has 0 saturated carbocycles. The Kier molecular flexibility index (Phi) is 7.05. The highest BCUT2D eigenvalue weighted by molar-refractivity contribution is 7.06. The van der Waals surface area contributed by atoms with Crippen molar-refractivity contribution in [2.45, 2.75) is 6.92 Å². The van der Waals surface area contributed by atoms with E-state index in [-0.39, 0.29) is 0 Å². The predicted octanol–water partition coefficient (Wildman–Crippen LogP) is 4.41. The van der Waals surface area contributed by atoms with Crippen molar-refractivity contribution in [2.24, 2.45) is 0 Å². The van der Waals surface area contributed by atoms with Crippen LogP contribution in [0.5, 0.6) is 0 Å². The minimum atomic E-state index is -6.02. The van der Waals surface area contributed by atoms with E-state index in [2.05, 4.69) is 4.34 Å². The highest BCUT2D eigenvalue weighted by Gasteiger charge is 2.57. The van der Waals surface area contributed by atoms with Crippen LogP contribution in [0.3, 0.4) is 0 Å². The smallest absolute Gasteiger partial charge is 0.472 e. The number of hydrogen-bond donors (Lipinski definition) is 0. The zero-order chi connectivity index (χ0) is 28.3. The van der Waals surface area contributed by atoms with Gasteiger partial charge in [-0.3, -0.25) is 0 Å². The number of carbonyl (C=O) groups excluding carboxylic acids is 1. The van der Waals surface area contributed by atoms with Crippen molar-refractivity contribution in [3.63, 3.8) is 0 Å². The second kappa shape index (κ2) is 9.34. The first kappa shape index (κ1) is 27.9. The van der Waals surface area contributed by atoms with Crippen LogP contribution < -0.4 is 16.4 Å². The molecule has 1 nitrogen and oxygen atoms in total. The van der Waals surface area contributed by atoms with Gasteiger partial charge in [0.05, 0.1) is 0 Å². The maximum atomic E-state index is 14.9. The molecule has 0 aliphatic rings. The number of rotatable bonds is 4. The average Bonchev–Trinajstić information content (AvgIpc) is 2.86. The lowest BCUT2D eigenvalue weighted by Crippen LogP contribution is -2.74. The van der Waals surface area contributed by atoms with Gasteiger partial charge < -0.3 is 4.34 Å². The van der Waals surface area contributed by atoms with Crippen LogP contribution in [0.1, 0.15) is 6.92 Å². The Bertz CT molecular complexity index is 1250. The molecule has 0 fully saturated rings. The van der Waals surface area contributed by atoms with E-state index in [1.54, 1.807) is 0 Å². The molecule has 0 unspecified atom stereocenters. The summed E-state index contributed by atoms with van der Waals surface area (Å²) in [7, 11) is 0. The Balaban J connectivity index is 2.90. The van der Waals surface area contributed by atoms with Gasteiger partial charge in [0.1, 0.15) is 34.9 Å². The van der Waals surface area contributed by atoms with Crippen molar-refractivity contribution in [1.29, 1.82) is 0 Å². The molecule has 198 valence electrons. The van der Waals surface area contributed by atoms with Gasteiger partial charge in [0.2, 0.25) is 0 Å². The van der Waals surface area contributed by atoms with Crippen LogP contribution in [0.4, 0.5) is 65.9 Å². The first-order chi connectivity index (χ1) is 17.1. The van der Waals surface area contributed by atoms with E-state index in [9.17, 15) is 65.9 Å². The van der Waals surface area contributed by atoms with Crippen molar-refractivity contribution >= 4 is 29.0 Å². The van der Waals surface area contributed by atoms with Crippen molar-refractivity contribution < 1.29 is 70.2 Å². The molecule has 3 rings (SSSR count). The highest BCUT2D eigenvalue weighted by atomic mass is 19.2. The summed E-state index contributed by atoms with van der Waals surface area (Å²) < 4.78 is 219. The number of benzene rings is 3. The molecule has 3 aromatic rings. The molecule has 0 heterocycles. The topological polar surface area (TPSA) is 11.3 Å². The van der Waals surface area contributed by atoms with Gasteiger partial charge in [-0.15, -0.1) is 13.2 Å². The minimum absolute atomic E-state index is 0.403. The van der Waals surface area contributed by atoms with Gasteiger partial charge in [-0.1, -0.05) is 0 Å². The lowest BCUT2D eigenvalue weighted by atomic mass is 9.27. The molecule has 0 aliphatic heterocycles. The van der Waals surface area contributed by atoms with Gasteiger partial charge >= 0.3 is 6.35 Å². The normalized spacial score (nSPS) is 12.2. The zero-order valence-electron chi connectivity index (χ0n) is 17.2. The van der Waals surface area contributed by atoms with Crippen molar-refractivity contribution in [2.75, 3.05) is 0 Å². The fourth-order valence-corrected chi connectivity index (χ4v) is 3.72. The predicted molar refractivity (Wildman–Crippen MR) is 94.7 cm³/mol. The first-order valence-corrected chi connectivity index (χ1v) is 9.14. The van der Waals surface area contributed by atoms with E-state index in [1.807, 2.05) is 0 Å². The van der Waals surface area contributed by atoms with Crippen LogP contribution in [0, 0.1) is 87.3 Å². The summed E-state index contributed by atoms with van der Waals surface area (Å²) in [6.07, 6.45) is -4.78. The molecule has 0 atom stereocenters. The van der Waals surface area contributed by atoms with E-state index < -0.39 is 110 Å². The minimum Gasteiger partial charge on any atom is -0.725 e. The molecule has 0 aromatic heterocycles.